The highest BCUT2D eigenvalue weighted by Crippen LogP contribution is 2.20. The van der Waals surface area contributed by atoms with Crippen LogP contribution in [0.25, 0.3) is 11.7 Å². The maximum absolute atomic E-state index is 12.0. The maximum atomic E-state index is 12.0. The first-order valence-corrected chi connectivity index (χ1v) is 10.9. The van der Waals surface area contributed by atoms with E-state index in [2.05, 4.69) is 60.7 Å². The van der Waals surface area contributed by atoms with E-state index in [4.69, 9.17) is 20.4 Å². The molecule has 4 rings (SSSR count). The van der Waals surface area contributed by atoms with Gasteiger partial charge >= 0.3 is 6.01 Å². The molecule has 0 fully saturated rings. The van der Waals surface area contributed by atoms with E-state index in [1.165, 1.54) is 6.26 Å². The molecule has 0 bridgehead atoms. The van der Waals surface area contributed by atoms with E-state index in [-0.39, 0.29) is 17.8 Å². The highest BCUT2D eigenvalue weighted by atomic mass is 127. The van der Waals surface area contributed by atoms with Crippen molar-refractivity contribution < 1.29 is 18.4 Å². The van der Waals surface area contributed by atoms with Crippen LogP contribution in [-0.2, 0) is 0 Å². The maximum Gasteiger partial charge on any atom is 0.322 e. The summed E-state index contributed by atoms with van der Waals surface area (Å²) in [5.74, 6) is 0.360. The Labute approximate surface area is 203 Å². The Morgan fingerprint density at radius 1 is 0.900 bits per heavy atom. The number of rotatable bonds is 4. The third-order valence-corrected chi connectivity index (χ3v) is 5.14. The standard InChI is InChI=1S/C13H8IN3O3.C7H4ClIO/c14-9-4-1-3-8(7-9)11(18)15-13-17-16-12(20-13)10-5-2-6-19-10;8-7(10)5-1-3-6(9)4-2-5/h1-7H,(H,15,17,18);1-4H. The molecular formula is C20H12ClI2N3O4. The first-order valence-electron chi connectivity index (χ1n) is 8.32. The molecule has 0 atom stereocenters. The van der Waals surface area contributed by atoms with Gasteiger partial charge in [-0.3, -0.25) is 14.9 Å². The van der Waals surface area contributed by atoms with Crippen molar-refractivity contribution in [2.45, 2.75) is 0 Å². The summed E-state index contributed by atoms with van der Waals surface area (Å²) < 4.78 is 12.5. The number of amides is 1. The average molecular weight is 648 g/mol. The van der Waals surface area contributed by atoms with Crippen LogP contribution >= 0.6 is 56.8 Å². The summed E-state index contributed by atoms with van der Waals surface area (Å²) in [6.45, 7) is 0. The van der Waals surface area contributed by atoms with Crippen molar-refractivity contribution in [1.29, 1.82) is 0 Å². The zero-order valence-electron chi connectivity index (χ0n) is 15.0. The largest absolute Gasteiger partial charge is 0.459 e. The number of carbonyl (C=O) groups is 2. The molecule has 0 aliphatic carbocycles. The van der Waals surface area contributed by atoms with Crippen LogP contribution in [0.5, 0.6) is 0 Å². The Kier molecular flexibility index (Phi) is 7.99. The first-order chi connectivity index (χ1) is 14.4. The molecule has 2 aromatic carbocycles. The Morgan fingerprint density at radius 2 is 1.67 bits per heavy atom. The lowest BCUT2D eigenvalue weighted by molar-refractivity contribution is 0.102. The van der Waals surface area contributed by atoms with Crippen LogP contribution in [0.4, 0.5) is 6.01 Å². The van der Waals surface area contributed by atoms with Crippen LogP contribution in [0.2, 0.25) is 0 Å². The monoisotopic (exact) mass is 647 g/mol. The number of nitrogens with one attached hydrogen (secondary N) is 1. The molecule has 2 heterocycles. The summed E-state index contributed by atoms with van der Waals surface area (Å²) in [4.78, 5) is 22.5. The third-order valence-electron chi connectivity index (χ3n) is 3.54. The van der Waals surface area contributed by atoms with Gasteiger partial charge in [-0.05, 0) is 111 Å². The van der Waals surface area contributed by atoms with Crippen molar-refractivity contribution in [1.82, 2.24) is 10.2 Å². The topological polar surface area (TPSA) is 98.2 Å². The molecule has 1 N–H and O–H groups in total. The summed E-state index contributed by atoms with van der Waals surface area (Å²) in [6, 6.07) is 17.7. The van der Waals surface area contributed by atoms with Gasteiger partial charge in [-0.15, -0.1) is 5.10 Å². The van der Waals surface area contributed by atoms with Gasteiger partial charge in [-0.1, -0.05) is 11.2 Å². The van der Waals surface area contributed by atoms with Gasteiger partial charge in [0.25, 0.3) is 17.0 Å². The van der Waals surface area contributed by atoms with Crippen molar-refractivity contribution in [2.24, 2.45) is 0 Å². The number of furan rings is 1. The predicted molar refractivity (Wildman–Crippen MR) is 128 cm³/mol. The SMILES string of the molecule is O=C(Cl)c1ccc(I)cc1.O=C(Nc1nnc(-c2ccco2)o1)c1cccc(I)c1. The number of halogens is 3. The summed E-state index contributed by atoms with van der Waals surface area (Å²) in [7, 11) is 0. The van der Waals surface area contributed by atoms with Crippen LogP contribution in [0.15, 0.2) is 75.8 Å². The molecule has 0 aliphatic rings. The quantitative estimate of drug-likeness (QED) is 0.220. The fourth-order valence-electron chi connectivity index (χ4n) is 2.15. The lowest BCUT2D eigenvalue weighted by atomic mass is 10.2. The van der Waals surface area contributed by atoms with Crippen LogP contribution < -0.4 is 5.32 Å². The smallest absolute Gasteiger partial charge is 0.322 e. The van der Waals surface area contributed by atoms with Crippen LogP contribution in [0.1, 0.15) is 20.7 Å². The molecule has 0 aliphatic heterocycles. The number of aromatic nitrogens is 2. The highest BCUT2D eigenvalue weighted by Gasteiger charge is 2.14. The van der Waals surface area contributed by atoms with Gasteiger partial charge in [0.15, 0.2) is 5.76 Å². The van der Waals surface area contributed by atoms with Gasteiger partial charge in [0, 0.05) is 18.3 Å². The summed E-state index contributed by atoms with van der Waals surface area (Å²) in [5.41, 5.74) is 1.07. The molecule has 0 unspecified atom stereocenters. The van der Waals surface area contributed by atoms with Crippen molar-refractivity contribution in [3.63, 3.8) is 0 Å². The van der Waals surface area contributed by atoms with Gasteiger partial charge in [0.2, 0.25) is 0 Å². The Morgan fingerprint density at radius 3 is 2.30 bits per heavy atom. The van der Waals surface area contributed by atoms with Crippen molar-refractivity contribution in [3.8, 4) is 11.7 Å². The van der Waals surface area contributed by atoms with Crippen molar-refractivity contribution >= 4 is 73.9 Å². The van der Waals surface area contributed by atoms with E-state index in [0.29, 0.717) is 16.9 Å². The van der Waals surface area contributed by atoms with Gasteiger partial charge in [0.05, 0.1) is 6.26 Å². The molecule has 7 nitrogen and oxygen atoms in total. The molecule has 152 valence electrons. The second-order valence-corrected chi connectivity index (χ2v) is 8.47. The van der Waals surface area contributed by atoms with E-state index in [1.54, 1.807) is 42.5 Å². The molecule has 0 saturated heterocycles. The van der Waals surface area contributed by atoms with Gasteiger partial charge in [0.1, 0.15) is 0 Å². The molecule has 4 aromatic rings. The van der Waals surface area contributed by atoms with Crippen LogP contribution in [0, 0.1) is 7.14 Å². The van der Waals surface area contributed by atoms with Gasteiger partial charge in [-0.25, -0.2) is 0 Å². The molecule has 2 aromatic heterocycles. The van der Waals surface area contributed by atoms with E-state index in [9.17, 15) is 9.59 Å². The van der Waals surface area contributed by atoms with Crippen molar-refractivity contribution in [2.75, 3.05) is 5.32 Å². The minimum atomic E-state index is -0.406. The number of carbonyl (C=O) groups excluding carboxylic acids is 2. The molecule has 0 spiro atoms. The van der Waals surface area contributed by atoms with Gasteiger partial charge in [-0.2, -0.15) is 0 Å². The van der Waals surface area contributed by atoms with Crippen LogP contribution in [-0.4, -0.2) is 21.3 Å². The Hall–Kier alpha value is -2.25. The van der Waals surface area contributed by atoms with Crippen molar-refractivity contribution in [3.05, 3.63) is 85.2 Å². The zero-order chi connectivity index (χ0) is 21.5. The third kappa shape index (κ3) is 6.37. The number of nitrogens with zero attached hydrogens (tertiary/aromatic N) is 2. The molecule has 0 saturated carbocycles. The molecule has 1 amide bonds. The summed E-state index contributed by atoms with van der Waals surface area (Å²) >= 11 is 9.52. The van der Waals surface area contributed by atoms with E-state index in [1.807, 2.05) is 18.2 Å². The number of benzene rings is 2. The second kappa shape index (κ2) is 10.7. The molecule has 0 radical (unpaired) electrons. The van der Waals surface area contributed by atoms with Gasteiger partial charge < -0.3 is 8.83 Å². The molecule has 10 heteroatoms. The van der Waals surface area contributed by atoms with E-state index < -0.39 is 5.24 Å². The lowest BCUT2D eigenvalue weighted by Crippen LogP contribution is -2.12. The Bertz CT molecular complexity index is 1150. The Balaban J connectivity index is 0.000000216. The number of hydrogen-bond acceptors (Lipinski definition) is 6. The normalized spacial score (nSPS) is 10.1. The minimum absolute atomic E-state index is 0.0280. The molecule has 30 heavy (non-hydrogen) atoms. The molecular weight excluding hydrogens is 635 g/mol. The fraction of sp³-hybridized carbons (Fsp3) is 0. The average Bonchev–Trinajstić information content (AvgIpc) is 3.40. The second-order valence-electron chi connectivity index (χ2n) is 5.63. The van der Waals surface area contributed by atoms with E-state index in [0.717, 1.165) is 7.14 Å². The zero-order valence-corrected chi connectivity index (χ0v) is 20.1. The lowest BCUT2D eigenvalue weighted by Gasteiger charge is -2.00. The summed E-state index contributed by atoms with van der Waals surface area (Å²) in [6.07, 6.45) is 1.50. The van der Waals surface area contributed by atoms with Crippen LogP contribution in [0.3, 0.4) is 0 Å². The number of hydrogen-bond donors (Lipinski definition) is 1. The minimum Gasteiger partial charge on any atom is -0.459 e. The number of anilines is 1. The first kappa shape index (κ1) is 22.4. The predicted octanol–water partition coefficient (Wildman–Crippen LogP) is 5.86. The fourth-order valence-corrected chi connectivity index (χ4v) is 3.18. The highest BCUT2D eigenvalue weighted by molar-refractivity contribution is 14.1. The summed E-state index contributed by atoms with van der Waals surface area (Å²) in [5, 5.41) is 9.68. The van der Waals surface area contributed by atoms with E-state index >= 15 is 0 Å².